The lowest BCUT2D eigenvalue weighted by molar-refractivity contribution is -0.139. The Labute approximate surface area is 227 Å². The van der Waals surface area contributed by atoms with Gasteiger partial charge in [-0.05, 0) is 62.4 Å². The molecule has 3 fully saturated rings. The molecular weight excluding hydrogens is 535 g/mol. The molecule has 10 heteroatoms. The summed E-state index contributed by atoms with van der Waals surface area (Å²) in [7, 11) is -1.81. The summed E-state index contributed by atoms with van der Waals surface area (Å²) in [5.74, 6) is -2.97. The fourth-order valence-electron chi connectivity index (χ4n) is 6.07. The number of amides is 1. The average molecular weight is 568 g/mol. The van der Waals surface area contributed by atoms with Crippen molar-refractivity contribution in [1.82, 2.24) is 9.21 Å². The van der Waals surface area contributed by atoms with E-state index in [1.807, 2.05) is 31.2 Å². The number of aryl methyl sites for hydroxylation is 1. The fourth-order valence-corrected chi connectivity index (χ4v) is 8.26. The summed E-state index contributed by atoms with van der Waals surface area (Å²) in [5, 5.41) is 0.562. The normalized spacial score (nSPS) is 30.1. The number of hydrogen-bond donors (Lipinski definition) is 0. The molecule has 2 aromatic rings. The Morgan fingerprint density at radius 2 is 1.74 bits per heavy atom. The highest BCUT2D eigenvalue weighted by Crippen LogP contribution is 2.67. The SMILES string of the molecule is CN=[S@](=O)(c1ccc(C)cc1)N1CC(F)CC1C(=O)N(Cc1ccc(Cl)cc1)C1CCC2(CC1)CC2(F)F. The first-order valence-corrected chi connectivity index (χ1v) is 14.9. The van der Waals surface area contributed by atoms with Gasteiger partial charge in [-0.15, -0.1) is 0 Å². The number of hydrogen-bond acceptors (Lipinski definition) is 3. The lowest BCUT2D eigenvalue weighted by Crippen LogP contribution is -2.51. The zero-order valence-electron chi connectivity index (χ0n) is 21.6. The van der Waals surface area contributed by atoms with Crippen molar-refractivity contribution in [2.75, 3.05) is 13.6 Å². The molecule has 0 N–H and O–H groups in total. The van der Waals surface area contributed by atoms with Gasteiger partial charge in [0.2, 0.25) is 5.91 Å². The minimum absolute atomic E-state index is 0.0889. The topological polar surface area (TPSA) is 53.0 Å². The van der Waals surface area contributed by atoms with Crippen LogP contribution in [0.2, 0.25) is 5.02 Å². The summed E-state index contributed by atoms with van der Waals surface area (Å²) in [5.41, 5.74) is 0.873. The minimum atomic E-state index is -3.24. The van der Waals surface area contributed by atoms with E-state index >= 15 is 0 Å². The summed E-state index contributed by atoms with van der Waals surface area (Å²) in [6.07, 6.45) is 0.0729. The second-order valence-electron chi connectivity index (χ2n) is 10.9. The van der Waals surface area contributed by atoms with Gasteiger partial charge in [0, 0.05) is 49.5 Å². The molecule has 1 heterocycles. The largest absolute Gasteiger partial charge is 0.334 e. The molecule has 2 saturated carbocycles. The predicted octanol–water partition coefficient (Wildman–Crippen LogP) is 6.43. The van der Waals surface area contributed by atoms with Gasteiger partial charge in [-0.25, -0.2) is 21.7 Å². The van der Waals surface area contributed by atoms with Crippen molar-refractivity contribution < 1.29 is 22.2 Å². The summed E-state index contributed by atoms with van der Waals surface area (Å²) < 4.78 is 62.9. The Kier molecular flexibility index (Phi) is 7.33. The van der Waals surface area contributed by atoms with E-state index in [0.717, 1.165) is 11.1 Å². The number of carbonyl (C=O) groups is 1. The number of benzene rings is 2. The third-order valence-corrected chi connectivity index (χ3v) is 11.2. The molecule has 0 radical (unpaired) electrons. The van der Waals surface area contributed by atoms with Crippen LogP contribution in [0.5, 0.6) is 0 Å². The van der Waals surface area contributed by atoms with E-state index in [4.69, 9.17) is 11.6 Å². The first-order valence-electron chi connectivity index (χ1n) is 13.0. The Morgan fingerprint density at radius 3 is 2.29 bits per heavy atom. The van der Waals surface area contributed by atoms with Crippen LogP contribution in [0.15, 0.2) is 57.8 Å². The molecule has 2 unspecified atom stereocenters. The maximum absolute atomic E-state index is 14.9. The van der Waals surface area contributed by atoms with Crippen molar-refractivity contribution in [3.05, 3.63) is 64.7 Å². The van der Waals surface area contributed by atoms with Crippen LogP contribution in [0, 0.1) is 12.3 Å². The highest BCUT2D eigenvalue weighted by atomic mass is 35.5. The molecule has 1 spiro atoms. The van der Waals surface area contributed by atoms with Crippen molar-refractivity contribution in [1.29, 1.82) is 0 Å². The lowest BCUT2D eigenvalue weighted by atomic mass is 9.82. The van der Waals surface area contributed by atoms with Crippen LogP contribution in [-0.4, -0.2) is 57.1 Å². The van der Waals surface area contributed by atoms with Gasteiger partial charge < -0.3 is 4.90 Å². The first kappa shape index (κ1) is 27.5. The quantitative estimate of drug-likeness (QED) is 0.404. The van der Waals surface area contributed by atoms with E-state index < -0.39 is 33.5 Å². The molecule has 1 amide bonds. The van der Waals surface area contributed by atoms with Gasteiger partial charge in [0.1, 0.15) is 22.1 Å². The molecule has 5 nitrogen and oxygen atoms in total. The molecule has 2 aliphatic carbocycles. The molecule has 0 aromatic heterocycles. The van der Waals surface area contributed by atoms with Crippen molar-refractivity contribution in [2.24, 2.45) is 9.78 Å². The van der Waals surface area contributed by atoms with Crippen molar-refractivity contribution >= 4 is 27.4 Å². The van der Waals surface area contributed by atoms with Gasteiger partial charge >= 0.3 is 0 Å². The van der Waals surface area contributed by atoms with Crippen LogP contribution in [0.1, 0.15) is 49.7 Å². The van der Waals surface area contributed by atoms with E-state index in [9.17, 15) is 22.2 Å². The van der Waals surface area contributed by atoms with Crippen molar-refractivity contribution in [3.63, 3.8) is 0 Å². The van der Waals surface area contributed by atoms with Crippen LogP contribution in [0.3, 0.4) is 0 Å². The minimum Gasteiger partial charge on any atom is -0.334 e. The molecule has 2 aromatic carbocycles. The van der Waals surface area contributed by atoms with E-state index in [1.165, 1.54) is 11.4 Å². The molecule has 0 bridgehead atoms. The van der Waals surface area contributed by atoms with E-state index in [2.05, 4.69) is 4.36 Å². The predicted molar refractivity (Wildman–Crippen MR) is 142 cm³/mol. The van der Waals surface area contributed by atoms with Gasteiger partial charge in [0.25, 0.3) is 5.92 Å². The average Bonchev–Trinajstić information content (AvgIpc) is 3.20. The number of nitrogens with zero attached hydrogens (tertiary/aromatic N) is 3. The molecule has 5 rings (SSSR count). The molecule has 3 aliphatic rings. The number of alkyl halides is 3. The zero-order valence-corrected chi connectivity index (χ0v) is 23.2. The van der Waals surface area contributed by atoms with E-state index in [1.54, 1.807) is 29.2 Å². The monoisotopic (exact) mass is 567 g/mol. The van der Waals surface area contributed by atoms with Crippen molar-refractivity contribution in [2.45, 2.75) is 81.1 Å². The summed E-state index contributed by atoms with van der Waals surface area (Å²) in [6, 6.07) is 12.9. The molecule has 206 valence electrons. The molecule has 1 saturated heterocycles. The number of rotatable bonds is 6. The summed E-state index contributed by atoms with van der Waals surface area (Å²) >= 11 is 6.06. The third-order valence-electron chi connectivity index (χ3n) is 8.50. The van der Waals surface area contributed by atoms with Gasteiger partial charge in [-0.1, -0.05) is 41.4 Å². The van der Waals surface area contributed by atoms with E-state index in [0.29, 0.717) is 35.6 Å². The Hall–Kier alpha value is -2.10. The molecule has 38 heavy (non-hydrogen) atoms. The second kappa shape index (κ2) is 10.1. The van der Waals surface area contributed by atoms with Gasteiger partial charge in [0.05, 0.1) is 4.90 Å². The second-order valence-corrected chi connectivity index (χ2v) is 13.7. The fraction of sp³-hybridized carbons (Fsp3) is 0.536. The molecule has 3 atom stereocenters. The maximum Gasteiger partial charge on any atom is 0.254 e. The first-order chi connectivity index (χ1) is 18.0. The number of halogens is 4. The Balaban J connectivity index is 1.45. The van der Waals surface area contributed by atoms with Gasteiger partial charge in [0.15, 0.2) is 0 Å². The van der Waals surface area contributed by atoms with E-state index in [-0.39, 0.29) is 37.9 Å². The van der Waals surface area contributed by atoms with Crippen LogP contribution >= 0.6 is 11.6 Å². The van der Waals surface area contributed by atoms with Crippen molar-refractivity contribution in [3.8, 4) is 0 Å². The van der Waals surface area contributed by atoms with Crippen LogP contribution in [0.25, 0.3) is 0 Å². The zero-order chi connectivity index (χ0) is 27.3. The van der Waals surface area contributed by atoms with Gasteiger partial charge in [-0.3, -0.25) is 4.79 Å². The lowest BCUT2D eigenvalue weighted by Gasteiger charge is -2.40. The molecule has 1 aliphatic heterocycles. The van der Waals surface area contributed by atoms with Crippen LogP contribution < -0.4 is 0 Å². The maximum atomic E-state index is 14.9. The summed E-state index contributed by atoms with van der Waals surface area (Å²) in [6.45, 7) is 1.98. The highest BCUT2D eigenvalue weighted by Gasteiger charge is 2.70. The third kappa shape index (κ3) is 4.97. The van der Waals surface area contributed by atoms with Crippen LogP contribution in [-0.2, 0) is 21.3 Å². The standard InChI is InChI=1S/C28H33ClF3N3O2S/c1-19-3-9-24(10-4-19)38(37,33-2)35-17-22(30)15-25(35)26(36)34(16-20-5-7-21(29)8-6-20)23-11-13-27(14-12-23)18-28(27,31)32/h3-10,22-23,25H,11-18H2,1-2H3/t22?,23?,25?,27?,38-/m1/s1. The summed E-state index contributed by atoms with van der Waals surface area (Å²) in [4.78, 5) is 16.3. The Morgan fingerprint density at radius 1 is 1.13 bits per heavy atom. The van der Waals surface area contributed by atoms with Gasteiger partial charge in [-0.2, -0.15) is 4.31 Å². The molecular formula is C28H33ClF3N3O2S. The number of carbonyl (C=O) groups excluding carboxylic acids is 1. The Bertz CT molecular complexity index is 1300. The van der Waals surface area contributed by atoms with Crippen LogP contribution in [0.4, 0.5) is 13.2 Å². The highest BCUT2D eigenvalue weighted by molar-refractivity contribution is 7.91. The smallest absolute Gasteiger partial charge is 0.254 e.